The summed E-state index contributed by atoms with van der Waals surface area (Å²) in [4.78, 5) is 34.5. The fraction of sp³-hybridized carbons (Fsp3) is 0.310. The molecule has 2 aromatic heterocycles. The maximum Gasteiger partial charge on any atom is 0.251 e. The van der Waals surface area contributed by atoms with Crippen molar-refractivity contribution in [1.82, 2.24) is 30.5 Å². The second-order valence-electron chi connectivity index (χ2n) is 10.1. The van der Waals surface area contributed by atoms with Crippen LogP contribution in [0.4, 0.5) is 5.69 Å². The summed E-state index contributed by atoms with van der Waals surface area (Å²) >= 11 is 0. The number of hydrogen-bond acceptors (Lipinski definition) is 7. The molecule has 0 aliphatic rings. The molecule has 1 N–H and O–H groups in total. The van der Waals surface area contributed by atoms with Crippen LogP contribution in [0.5, 0.6) is 5.75 Å². The average molecular weight is 528 g/mol. The molecule has 2 aromatic carbocycles. The molecule has 0 aliphatic heterocycles. The Labute approximate surface area is 228 Å². The number of aromatic nitrogens is 5. The van der Waals surface area contributed by atoms with Crippen LogP contribution in [-0.2, 0) is 16.1 Å². The van der Waals surface area contributed by atoms with Crippen LogP contribution in [0.3, 0.4) is 0 Å². The van der Waals surface area contributed by atoms with Crippen LogP contribution >= 0.6 is 0 Å². The summed E-state index contributed by atoms with van der Waals surface area (Å²) < 4.78 is 5.58. The molecular formula is C29H33N7O3. The van der Waals surface area contributed by atoms with Crippen LogP contribution in [0.25, 0.3) is 11.4 Å². The lowest BCUT2D eigenvalue weighted by atomic mass is 10.0. The fourth-order valence-electron chi connectivity index (χ4n) is 4.03. The van der Waals surface area contributed by atoms with Gasteiger partial charge in [0.05, 0.1) is 6.61 Å². The van der Waals surface area contributed by atoms with E-state index in [2.05, 4.69) is 25.7 Å². The number of nitrogens with one attached hydrogen (secondary N) is 1. The topological polar surface area (TPSA) is 115 Å². The van der Waals surface area contributed by atoms with Crippen LogP contribution in [0.1, 0.15) is 44.9 Å². The molecule has 0 saturated heterocycles. The number of amides is 2. The van der Waals surface area contributed by atoms with Gasteiger partial charge in [0.25, 0.3) is 5.91 Å². The summed E-state index contributed by atoms with van der Waals surface area (Å²) in [6, 6.07) is 17.3. The van der Waals surface area contributed by atoms with Gasteiger partial charge in [-0.05, 0) is 81.8 Å². The minimum atomic E-state index is -0.974. The zero-order valence-electron chi connectivity index (χ0n) is 22.8. The Balaban J connectivity index is 1.72. The molecule has 4 rings (SSSR count). The minimum absolute atomic E-state index is 0.226. The molecule has 0 radical (unpaired) electrons. The van der Waals surface area contributed by atoms with Crippen LogP contribution in [0.15, 0.2) is 73.1 Å². The molecule has 202 valence electrons. The van der Waals surface area contributed by atoms with Crippen molar-refractivity contribution in [2.24, 2.45) is 0 Å². The highest BCUT2D eigenvalue weighted by molar-refractivity contribution is 6.01. The molecule has 0 saturated carbocycles. The normalized spacial score (nSPS) is 12.0. The summed E-state index contributed by atoms with van der Waals surface area (Å²) in [5.74, 6) is 0.348. The van der Waals surface area contributed by atoms with E-state index < -0.39 is 17.5 Å². The number of nitrogens with zero attached hydrogens (tertiary/aromatic N) is 6. The van der Waals surface area contributed by atoms with Crippen molar-refractivity contribution in [3.63, 3.8) is 0 Å². The van der Waals surface area contributed by atoms with E-state index in [1.165, 1.54) is 9.70 Å². The number of carbonyl (C=O) groups excluding carboxylic acids is 2. The van der Waals surface area contributed by atoms with E-state index in [4.69, 9.17) is 4.74 Å². The van der Waals surface area contributed by atoms with Crippen molar-refractivity contribution in [3.8, 4) is 17.1 Å². The highest BCUT2D eigenvalue weighted by Gasteiger charge is 2.35. The van der Waals surface area contributed by atoms with Gasteiger partial charge in [-0.25, -0.2) is 0 Å². The number of hydrogen-bond donors (Lipinski definition) is 1. The number of tetrazole rings is 1. The van der Waals surface area contributed by atoms with Crippen molar-refractivity contribution in [3.05, 3.63) is 84.2 Å². The molecule has 0 spiro atoms. The van der Waals surface area contributed by atoms with Gasteiger partial charge in [0.15, 0.2) is 0 Å². The molecule has 4 aromatic rings. The van der Waals surface area contributed by atoms with E-state index in [1.54, 1.807) is 48.8 Å². The first-order chi connectivity index (χ1) is 18.6. The van der Waals surface area contributed by atoms with Crippen molar-refractivity contribution in [1.29, 1.82) is 0 Å². The zero-order chi connectivity index (χ0) is 28.0. The number of rotatable bonds is 9. The Bertz CT molecular complexity index is 1400. The predicted molar refractivity (Wildman–Crippen MR) is 148 cm³/mol. The molecule has 10 nitrogen and oxygen atoms in total. The van der Waals surface area contributed by atoms with E-state index in [9.17, 15) is 9.59 Å². The van der Waals surface area contributed by atoms with E-state index in [0.29, 0.717) is 29.4 Å². The number of pyridine rings is 1. The first kappa shape index (κ1) is 27.4. The monoisotopic (exact) mass is 527 g/mol. The molecule has 2 heterocycles. The zero-order valence-corrected chi connectivity index (χ0v) is 22.8. The second-order valence-corrected chi connectivity index (χ2v) is 10.1. The third-order valence-electron chi connectivity index (χ3n) is 5.76. The Kier molecular flexibility index (Phi) is 8.33. The number of ether oxygens (including phenoxy) is 1. The van der Waals surface area contributed by atoms with Crippen LogP contribution < -0.4 is 15.0 Å². The molecule has 10 heteroatoms. The smallest absolute Gasteiger partial charge is 0.251 e. The van der Waals surface area contributed by atoms with Crippen LogP contribution in [0.2, 0.25) is 0 Å². The molecule has 39 heavy (non-hydrogen) atoms. The highest BCUT2D eigenvalue weighted by atomic mass is 16.5. The molecular weight excluding hydrogens is 494 g/mol. The summed E-state index contributed by atoms with van der Waals surface area (Å²) in [5.41, 5.74) is 2.52. The van der Waals surface area contributed by atoms with E-state index in [1.807, 2.05) is 58.9 Å². The quantitative estimate of drug-likeness (QED) is 0.348. The molecule has 0 bridgehead atoms. The van der Waals surface area contributed by atoms with Gasteiger partial charge in [-0.15, -0.1) is 10.2 Å². The van der Waals surface area contributed by atoms with Crippen LogP contribution in [0, 0.1) is 6.92 Å². The van der Waals surface area contributed by atoms with Gasteiger partial charge >= 0.3 is 0 Å². The Morgan fingerprint density at radius 3 is 2.28 bits per heavy atom. The average Bonchev–Trinajstić information content (AvgIpc) is 3.36. The largest absolute Gasteiger partial charge is 0.494 e. The fourth-order valence-corrected chi connectivity index (χ4v) is 4.03. The maximum absolute atomic E-state index is 14.0. The number of anilines is 1. The van der Waals surface area contributed by atoms with Crippen molar-refractivity contribution in [2.45, 2.75) is 52.7 Å². The number of aryl methyl sites for hydroxylation is 1. The molecule has 0 aliphatic carbocycles. The lowest BCUT2D eigenvalue weighted by Crippen LogP contribution is -2.50. The Morgan fingerprint density at radius 2 is 1.67 bits per heavy atom. The highest BCUT2D eigenvalue weighted by Crippen LogP contribution is 2.30. The van der Waals surface area contributed by atoms with Crippen LogP contribution in [-0.4, -0.2) is 49.2 Å². The third-order valence-corrected chi connectivity index (χ3v) is 5.76. The lowest BCUT2D eigenvalue weighted by molar-refractivity contribution is -0.128. The summed E-state index contributed by atoms with van der Waals surface area (Å²) in [6.07, 6.45) is 3.20. The third kappa shape index (κ3) is 7.04. The first-order valence-corrected chi connectivity index (χ1v) is 12.8. The summed E-state index contributed by atoms with van der Waals surface area (Å²) in [7, 11) is 0. The predicted octanol–water partition coefficient (Wildman–Crippen LogP) is 4.13. The Hall–Kier alpha value is -4.60. The van der Waals surface area contributed by atoms with Crippen molar-refractivity contribution >= 4 is 17.5 Å². The minimum Gasteiger partial charge on any atom is -0.494 e. The SMILES string of the molecule is CCOc1ccc(N(C(=O)Cn2nnc(-c3ccc(C)cc3)n2)[C@@H](C(=O)NC(C)(C)C)c2ccncc2)cc1. The Morgan fingerprint density at radius 1 is 1.00 bits per heavy atom. The second kappa shape index (κ2) is 11.8. The van der Waals surface area contributed by atoms with E-state index in [0.717, 1.165) is 11.1 Å². The summed E-state index contributed by atoms with van der Waals surface area (Å²) in [5, 5.41) is 15.7. The molecule has 2 amide bonds. The van der Waals surface area contributed by atoms with Crippen molar-refractivity contribution < 1.29 is 14.3 Å². The van der Waals surface area contributed by atoms with Gasteiger partial charge < -0.3 is 10.1 Å². The number of benzene rings is 2. The van der Waals surface area contributed by atoms with Gasteiger partial charge in [-0.2, -0.15) is 4.80 Å². The molecule has 0 fully saturated rings. The first-order valence-electron chi connectivity index (χ1n) is 12.8. The van der Waals surface area contributed by atoms with Gasteiger partial charge in [0, 0.05) is 29.2 Å². The number of carbonyl (C=O) groups is 2. The summed E-state index contributed by atoms with van der Waals surface area (Å²) in [6.45, 7) is 9.86. The lowest BCUT2D eigenvalue weighted by Gasteiger charge is -2.33. The van der Waals surface area contributed by atoms with E-state index >= 15 is 0 Å². The van der Waals surface area contributed by atoms with Gasteiger partial charge in [0.2, 0.25) is 11.7 Å². The molecule has 0 unspecified atom stereocenters. The van der Waals surface area contributed by atoms with Gasteiger partial charge in [0.1, 0.15) is 18.3 Å². The van der Waals surface area contributed by atoms with E-state index in [-0.39, 0.29) is 12.5 Å². The van der Waals surface area contributed by atoms with Gasteiger partial charge in [-0.1, -0.05) is 29.8 Å². The standard InChI is InChI=1S/C29H33N7O3/c1-6-39-24-13-11-23(12-14-24)36(26(21-15-17-30-18-16-21)28(38)31-29(3,4)5)25(37)19-35-33-27(32-34-35)22-9-7-20(2)8-10-22/h7-18,26H,6,19H2,1-5H3,(H,31,38)/t26-/m1/s1. The maximum atomic E-state index is 14.0. The van der Waals surface area contributed by atoms with Crippen molar-refractivity contribution in [2.75, 3.05) is 11.5 Å². The van der Waals surface area contributed by atoms with Gasteiger partial charge in [-0.3, -0.25) is 19.5 Å². The molecule has 1 atom stereocenters.